The van der Waals surface area contributed by atoms with E-state index < -0.39 is 0 Å². The Morgan fingerprint density at radius 3 is 2.71 bits per heavy atom. The van der Waals surface area contributed by atoms with E-state index in [0.717, 1.165) is 11.3 Å². The van der Waals surface area contributed by atoms with Crippen molar-refractivity contribution in [2.75, 3.05) is 7.11 Å². The third-order valence-corrected chi connectivity index (χ3v) is 3.63. The Labute approximate surface area is 139 Å². The van der Waals surface area contributed by atoms with Crippen LogP contribution >= 0.6 is 0 Å². The minimum Gasteiger partial charge on any atom is -0.480 e. The molecule has 3 aromatic rings. The number of carbonyl (C=O) groups excluding carboxylic acids is 1. The second-order valence-electron chi connectivity index (χ2n) is 5.19. The summed E-state index contributed by atoms with van der Waals surface area (Å²) in [5.74, 6) is 0.0801. The summed E-state index contributed by atoms with van der Waals surface area (Å²) in [6, 6.07) is 11.0. The fourth-order valence-electron chi connectivity index (χ4n) is 2.34. The first-order valence-corrected chi connectivity index (χ1v) is 7.44. The Hall–Kier alpha value is -3.22. The van der Waals surface area contributed by atoms with E-state index in [1.165, 1.54) is 13.4 Å². The van der Waals surface area contributed by atoms with Gasteiger partial charge in [-0.2, -0.15) is 5.10 Å². The van der Waals surface area contributed by atoms with Gasteiger partial charge in [0.15, 0.2) is 0 Å². The molecule has 1 amide bonds. The Morgan fingerprint density at radius 1 is 1.25 bits per heavy atom. The summed E-state index contributed by atoms with van der Waals surface area (Å²) >= 11 is 0. The van der Waals surface area contributed by atoms with Gasteiger partial charge in [0, 0.05) is 6.20 Å². The molecule has 122 valence electrons. The van der Waals surface area contributed by atoms with Gasteiger partial charge in [0.2, 0.25) is 5.88 Å². The average Bonchev–Trinajstić information content (AvgIpc) is 3.16. The monoisotopic (exact) mass is 323 g/mol. The van der Waals surface area contributed by atoms with Crippen LogP contribution in [-0.2, 0) is 0 Å². The summed E-state index contributed by atoms with van der Waals surface area (Å²) in [6.45, 7) is 1.92. The second kappa shape index (κ2) is 6.91. The van der Waals surface area contributed by atoms with Gasteiger partial charge in [0.25, 0.3) is 5.91 Å². The molecule has 0 fully saturated rings. The van der Waals surface area contributed by atoms with Gasteiger partial charge in [-0.25, -0.2) is 14.6 Å². The number of pyridine rings is 1. The highest BCUT2D eigenvalue weighted by Gasteiger charge is 2.16. The average molecular weight is 323 g/mol. The highest BCUT2D eigenvalue weighted by Crippen LogP contribution is 2.18. The van der Waals surface area contributed by atoms with E-state index in [0.29, 0.717) is 11.4 Å². The molecule has 7 heteroatoms. The van der Waals surface area contributed by atoms with E-state index in [1.807, 2.05) is 31.2 Å². The number of benzene rings is 1. The summed E-state index contributed by atoms with van der Waals surface area (Å²) < 4.78 is 6.80. The molecule has 1 unspecified atom stereocenters. The van der Waals surface area contributed by atoms with Crippen LogP contribution in [0.15, 0.2) is 55.2 Å². The normalized spacial score (nSPS) is 11.8. The van der Waals surface area contributed by atoms with Crippen molar-refractivity contribution in [1.29, 1.82) is 0 Å². The summed E-state index contributed by atoms with van der Waals surface area (Å²) in [6.07, 6.45) is 4.70. The van der Waals surface area contributed by atoms with Crippen molar-refractivity contribution in [1.82, 2.24) is 25.1 Å². The number of ether oxygens (including phenoxy) is 1. The fourth-order valence-corrected chi connectivity index (χ4v) is 2.34. The molecule has 1 atom stereocenters. The molecule has 0 spiro atoms. The molecule has 3 rings (SSSR count). The van der Waals surface area contributed by atoms with Gasteiger partial charge in [-0.1, -0.05) is 12.1 Å². The molecule has 1 N–H and O–H groups in total. The molecule has 0 radical (unpaired) electrons. The van der Waals surface area contributed by atoms with Gasteiger partial charge in [-0.3, -0.25) is 4.79 Å². The lowest BCUT2D eigenvalue weighted by molar-refractivity contribution is 0.0936. The smallest absolute Gasteiger partial charge is 0.257 e. The third kappa shape index (κ3) is 3.24. The number of aromatic nitrogens is 4. The highest BCUT2D eigenvalue weighted by molar-refractivity contribution is 5.96. The Kier molecular flexibility index (Phi) is 4.51. The number of amides is 1. The number of rotatable bonds is 5. The molecular formula is C17H17N5O2. The Bertz CT molecular complexity index is 815. The van der Waals surface area contributed by atoms with Crippen LogP contribution in [0.5, 0.6) is 5.88 Å². The summed E-state index contributed by atoms with van der Waals surface area (Å²) in [5.41, 5.74) is 2.30. The van der Waals surface area contributed by atoms with Crippen molar-refractivity contribution in [3.8, 4) is 11.6 Å². The highest BCUT2D eigenvalue weighted by atomic mass is 16.5. The minimum absolute atomic E-state index is 0.160. The number of methoxy groups -OCH3 is 1. The molecule has 0 saturated heterocycles. The molecule has 0 bridgehead atoms. The first-order chi connectivity index (χ1) is 11.7. The van der Waals surface area contributed by atoms with E-state index in [4.69, 9.17) is 4.74 Å². The minimum atomic E-state index is -0.229. The lowest BCUT2D eigenvalue weighted by Crippen LogP contribution is -2.27. The van der Waals surface area contributed by atoms with Crippen LogP contribution in [0.3, 0.4) is 0 Å². The summed E-state index contributed by atoms with van der Waals surface area (Å²) in [4.78, 5) is 20.4. The van der Waals surface area contributed by atoms with Crippen molar-refractivity contribution < 1.29 is 9.53 Å². The topological polar surface area (TPSA) is 81.9 Å². The largest absolute Gasteiger partial charge is 0.480 e. The molecule has 1 aromatic carbocycles. The van der Waals surface area contributed by atoms with Crippen LogP contribution in [0, 0.1) is 0 Å². The number of carbonyl (C=O) groups is 1. The van der Waals surface area contributed by atoms with Gasteiger partial charge in [-0.05, 0) is 36.8 Å². The zero-order valence-corrected chi connectivity index (χ0v) is 13.4. The van der Waals surface area contributed by atoms with E-state index >= 15 is 0 Å². The molecular weight excluding hydrogens is 306 g/mol. The van der Waals surface area contributed by atoms with Gasteiger partial charge in [0.05, 0.1) is 18.8 Å². The SMILES string of the molecule is COc1ncccc1C(=O)NC(C)c1ccc(-n2cncn2)cc1. The van der Waals surface area contributed by atoms with Gasteiger partial charge in [0.1, 0.15) is 18.2 Å². The summed E-state index contributed by atoms with van der Waals surface area (Å²) in [5, 5.41) is 7.03. The molecule has 0 aliphatic heterocycles. The standard InChI is InChI=1S/C17H17N5O2/c1-12(21-16(23)15-4-3-9-19-17(15)24-2)13-5-7-14(8-6-13)22-11-18-10-20-22/h3-12H,1-2H3,(H,21,23). The number of hydrogen-bond acceptors (Lipinski definition) is 5. The maximum atomic E-state index is 12.4. The van der Waals surface area contributed by atoms with E-state index in [9.17, 15) is 4.79 Å². The van der Waals surface area contributed by atoms with Gasteiger partial charge >= 0.3 is 0 Å². The molecule has 0 aliphatic rings. The van der Waals surface area contributed by atoms with E-state index in [-0.39, 0.29) is 11.9 Å². The van der Waals surface area contributed by atoms with Crippen molar-refractivity contribution in [2.24, 2.45) is 0 Å². The predicted octanol–water partition coefficient (Wildman–Crippen LogP) is 2.16. The lowest BCUT2D eigenvalue weighted by atomic mass is 10.1. The zero-order valence-electron chi connectivity index (χ0n) is 13.4. The molecule has 7 nitrogen and oxygen atoms in total. The third-order valence-electron chi connectivity index (χ3n) is 3.63. The molecule has 0 aliphatic carbocycles. The quantitative estimate of drug-likeness (QED) is 0.778. The second-order valence-corrected chi connectivity index (χ2v) is 5.19. The summed E-state index contributed by atoms with van der Waals surface area (Å²) in [7, 11) is 1.49. The predicted molar refractivity (Wildman–Crippen MR) is 88.0 cm³/mol. The zero-order chi connectivity index (χ0) is 16.9. The number of nitrogens with one attached hydrogen (secondary N) is 1. The van der Waals surface area contributed by atoms with Crippen molar-refractivity contribution in [3.63, 3.8) is 0 Å². The van der Waals surface area contributed by atoms with Crippen molar-refractivity contribution in [2.45, 2.75) is 13.0 Å². The van der Waals surface area contributed by atoms with E-state index in [1.54, 1.807) is 29.3 Å². The maximum Gasteiger partial charge on any atom is 0.257 e. The molecule has 24 heavy (non-hydrogen) atoms. The van der Waals surface area contributed by atoms with Gasteiger partial charge < -0.3 is 10.1 Å². The molecule has 0 saturated carbocycles. The van der Waals surface area contributed by atoms with Crippen molar-refractivity contribution in [3.05, 3.63) is 66.4 Å². The maximum absolute atomic E-state index is 12.4. The van der Waals surface area contributed by atoms with Crippen LogP contribution in [-0.4, -0.2) is 32.8 Å². The fraction of sp³-hybridized carbons (Fsp3) is 0.176. The van der Waals surface area contributed by atoms with E-state index in [2.05, 4.69) is 20.4 Å². The first-order valence-electron chi connectivity index (χ1n) is 7.44. The van der Waals surface area contributed by atoms with Crippen LogP contribution < -0.4 is 10.1 Å². The van der Waals surface area contributed by atoms with Crippen LogP contribution in [0.25, 0.3) is 5.69 Å². The molecule has 2 aromatic heterocycles. The Balaban J connectivity index is 1.72. The first kappa shape index (κ1) is 15.7. The van der Waals surface area contributed by atoms with Gasteiger partial charge in [-0.15, -0.1) is 0 Å². The Morgan fingerprint density at radius 2 is 2.04 bits per heavy atom. The lowest BCUT2D eigenvalue weighted by Gasteiger charge is -2.15. The molecule has 2 heterocycles. The van der Waals surface area contributed by atoms with Crippen LogP contribution in [0.2, 0.25) is 0 Å². The van der Waals surface area contributed by atoms with Crippen LogP contribution in [0.1, 0.15) is 28.9 Å². The van der Waals surface area contributed by atoms with Crippen LogP contribution in [0.4, 0.5) is 0 Å². The number of nitrogens with zero attached hydrogens (tertiary/aromatic N) is 4. The van der Waals surface area contributed by atoms with Crippen molar-refractivity contribution >= 4 is 5.91 Å². The number of hydrogen-bond donors (Lipinski definition) is 1.